The molecule has 0 aliphatic carbocycles. The van der Waals surface area contributed by atoms with Crippen molar-refractivity contribution in [3.8, 4) is 0 Å². The average Bonchev–Trinajstić information content (AvgIpc) is 2.19. The average molecular weight is 218 g/mol. The Hall–Kier alpha value is -0.260. The van der Waals surface area contributed by atoms with Crippen LogP contribution in [0.1, 0.15) is 19.3 Å². The molecule has 1 aliphatic heterocycles. The van der Waals surface area contributed by atoms with Crippen LogP contribution in [-0.4, -0.2) is 36.2 Å². The number of thioether (sulfide) groups is 1. The minimum Gasteiger partial charge on any atom is -0.381 e. The Morgan fingerprint density at radius 1 is 1.50 bits per heavy atom. The number of carbonyl (C=O) groups is 1. The zero-order valence-electron chi connectivity index (χ0n) is 8.28. The monoisotopic (exact) mass is 218 g/mol. The SMILES string of the molecule is NC(=O)C(N)CCSC1CCOCC1. The molecule has 1 rings (SSSR count). The summed E-state index contributed by atoms with van der Waals surface area (Å²) < 4.78 is 5.25. The van der Waals surface area contributed by atoms with Crippen LogP contribution in [0.4, 0.5) is 0 Å². The van der Waals surface area contributed by atoms with E-state index >= 15 is 0 Å². The molecule has 1 atom stereocenters. The smallest absolute Gasteiger partial charge is 0.234 e. The zero-order chi connectivity index (χ0) is 10.4. The lowest BCUT2D eigenvalue weighted by Crippen LogP contribution is -2.36. The van der Waals surface area contributed by atoms with Crippen LogP contribution in [0.25, 0.3) is 0 Å². The summed E-state index contributed by atoms with van der Waals surface area (Å²) in [5, 5.41) is 0.670. The Bertz CT molecular complexity index is 184. The van der Waals surface area contributed by atoms with E-state index in [9.17, 15) is 4.79 Å². The Labute approximate surface area is 88.7 Å². The Kier molecular flexibility index (Phi) is 5.29. The second kappa shape index (κ2) is 6.27. The van der Waals surface area contributed by atoms with Crippen LogP contribution in [0.15, 0.2) is 0 Å². The predicted octanol–water partition coefficient (Wildman–Crippen LogP) is 0.101. The quantitative estimate of drug-likeness (QED) is 0.686. The number of hydrogen-bond donors (Lipinski definition) is 2. The van der Waals surface area contributed by atoms with Crippen molar-refractivity contribution >= 4 is 17.7 Å². The molecule has 1 amide bonds. The zero-order valence-corrected chi connectivity index (χ0v) is 9.09. The van der Waals surface area contributed by atoms with E-state index < -0.39 is 11.9 Å². The third kappa shape index (κ3) is 4.30. The molecule has 1 unspecified atom stereocenters. The molecule has 0 aromatic carbocycles. The van der Waals surface area contributed by atoms with Crippen molar-refractivity contribution in [1.29, 1.82) is 0 Å². The molecule has 82 valence electrons. The number of amides is 1. The van der Waals surface area contributed by atoms with Crippen LogP contribution in [0, 0.1) is 0 Å². The molecule has 14 heavy (non-hydrogen) atoms. The van der Waals surface area contributed by atoms with Gasteiger partial charge in [-0.05, 0) is 25.0 Å². The van der Waals surface area contributed by atoms with E-state index in [1.165, 1.54) is 0 Å². The minimum absolute atomic E-state index is 0.405. The van der Waals surface area contributed by atoms with Crippen LogP contribution >= 0.6 is 11.8 Å². The highest BCUT2D eigenvalue weighted by Gasteiger charge is 2.15. The van der Waals surface area contributed by atoms with Crippen molar-refractivity contribution in [2.75, 3.05) is 19.0 Å². The lowest BCUT2D eigenvalue weighted by molar-refractivity contribution is -0.119. The van der Waals surface area contributed by atoms with E-state index in [1.807, 2.05) is 11.8 Å². The largest absolute Gasteiger partial charge is 0.381 e. The summed E-state index contributed by atoms with van der Waals surface area (Å²) in [6.45, 7) is 1.72. The molecule has 4 nitrogen and oxygen atoms in total. The molecule has 1 saturated heterocycles. The summed E-state index contributed by atoms with van der Waals surface area (Å²) in [6.07, 6.45) is 2.89. The van der Waals surface area contributed by atoms with Crippen molar-refractivity contribution in [2.24, 2.45) is 11.5 Å². The van der Waals surface area contributed by atoms with E-state index in [1.54, 1.807) is 0 Å². The number of rotatable bonds is 5. The molecule has 1 heterocycles. The van der Waals surface area contributed by atoms with Gasteiger partial charge < -0.3 is 16.2 Å². The van der Waals surface area contributed by atoms with Crippen molar-refractivity contribution in [1.82, 2.24) is 0 Å². The summed E-state index contributed by atoms with van der Waals surface area (Å²) in [4.78, 5) is 10.6. The topological polar surface area (TPSA) is 78.3 Å². The molecule has 0 radical (unpaired) electrons. The lowest BCUT2D eigenvalue weighted by atomic mass is 10.2. The second-order valence-electron chi connectivity index (χ2n) is 3.48. The minimum atomic E-state index is -0.484. The van der Waals surface area contributed by atoms with E-state index in [2.05, 4.69) is 0 Å². The maximum atomic E-state index is 10.6. The molecule has 0 spiro atoms. The molecule has 1 fully saturated rings. The van der Waals surface area contributed by atoms with Crippen molar-refractivity contribution in [2.45, 2.75) is 30.6 Å². The summed E-state index contributed by atoms with van der Waals surface area (Å²) in [5.41, 5.74) is 10.6. The Balaban J connectivity index is 2.05. The molecule has 4 N–H and O–H groups in total. The van der Waals surface area contributed by atoms with E-state index in [0.29, 0.717) is 11.7 Å². The van der Waals surface area contributed by atoms with Gasteiger partial charge in [0.15, 0.2) is 0 Å². The van der Waals surface area contributed by atoms with Crippen LogP contribution in [0.2, 0.25) is 0 Å². The van der Waals surface area contributed by atoms with Crippen LogP contribution < -0.4 is 11.5 Å². The Morgan fingerprint density at radius 3 is 2.71 bits per heavy atom. The Morgan fingerprint density at radius 2 is 2.14 bits per heavy atom. The second-order valence-corrected chi connectivity index (χ2v) is 4.89. The van der Waals surface area contributed by atoms with Crippen LogP contribution in [-0.2, 0) is 9.53 Å². The van der Waals surface area contributed by atoms with Crippen LogP contribution in [0.5, 0.6) is 0 Å². The van der Waals surface area contributed by atoms with Gasteiger partial charge in [0.2, 0.25) is 5.91 Å². The highest BCUT2D eigenvalue weighted by atomic mass is 32.2. The van der Waals surface area contributed by atoms with Gasteiger partial charge in [0.25, 0.3) is 0 Å². The molecule has 5 heteroatoms. The van der Waals surface area contributed by atoms with Gasteiger partial charge in [0.05, 0.1) is 6.04 Å². The van der Waals surface area contributed by atoms with E-state index in [-0.39, 0.29) is 0 Å². The van der Waals surface area contributed by atoms with Crippen molar-refractivity contribution in [3.05, 3.63) is 0 Å². The molecular formula is C9H18N2O2S. The maximum absolute atomic E-state index is 10.6. The van der Waals surface area contributed by atoms with Gasteiger partial charge in [-0.2, -0.15) is 11.8 Å². The van der Waals surface area contributed by atoms with Crippen molar-refractivity contribution in [3.63, 3.8) is 0 Å². The highest BCUT2D eigenvalue weighted by molar-refractivity contribution is 7.99. The highest BCUT2D eigenvalue weighted by Crippen LogP contribution is 2.22. The van der Waals surface area contributed by atoms with E-state index in [0.717, 1.165) is 31.8 Å². The number of primary amides is 1. The third-order valence-electron chi connectivity index (χ3n) is 2.32. The maximum Gasteiger partial charge on any atom is 0.234 e. The first-order valence-electron chi connectivity index (χ1n) is 4.94. The first-order chi connectivity index (χ1) is 6.70. The summed E-state index contributed by atoms with van der Waals surface area (Å²) in [7, 11) is 0. The molecular weight excluding hydrogens is 200 g/mol. The number of ether oxygens (including phenoxy) is 1. The molecule has 1 aliphatic rings. The van der Waals surface area contributed by atoms with Gasteiger partial charge >= 0.3 is 0 Å². The van der Waals surface area contributed by atoms with Crippen molar-refractivity contribution < 1.29 is 9.53 Å². The van der Waals surface area contributed by atoms with E-state index in [4.69, 9.17) is 16.2 Å². The number of nitrogens with two attached hydrogens (primary N) is 2. The molecule has 0 aromatic heterocycles. The summed E-state index contributed by atoms with van der Waals surface area (Å²) in [5.74, 6) is 0.506. The summed E-state index contributed by atoms with van der Waals surface area (Å²) >= 11 is 1.88. The molecule has 0 bridgehead atoms. The van der Waals surface area contributed by atoms with Crippen LogP contribution in [0.3, 0.4) is 0 Å². The van der Waals surface area contributed by atoms with Gasteiger partial charge in [-0.25, -0.2) is 0 Å². The van der Waals surface area contributed by atoms with Gasteiger partial charge in [0.1, 0.15) is 0 Å². The lowest BCUT2D eigenvalue weighted by Gasteiger charge is -2.21. The standard InChI is InChI=1S/C9H18N2O2S/c10-8(9(11)12)3-6-14-7-1-4-13-5-2-7/h7-8H,1-6,10H2,(H2,11,12). The summed E-state index contributed by atoms with van der Waals surface area (Å²) in [6, 6.07) is -0.484. The fraction of sp³-hybridized carbons (Fsp3) is 0.889. The molecule has 0 saturated carbocycles. The fourth-order valence-corrected chi connectivity index (χ4v) is 2.60. The first-order valence-corrected chi connectivity index (χ1v) is 5.99. The number of carbonyl (C=O) groups excluding carboxylic acids is 1. The first kappa shape index (κ1) is 11.8. The van der Waals surface area contributed by atoms with Gasteiger partial charge in [-0.15, -0.1) is 0 Å². The third-order valence-corrected chi connectivity index (χ3v) is 3.73. The predicted molar refractivity (Wildman–Crippen MR) is 58.1 cm³/mol. The van der Waals surface area contributed by atoms with Gasteiger partial charge in [-0.3, -0.25) is 4.79 Å². The number of hydrogen-bond acceptors (Lipinski definition) is 4. The molecule has 0 aromatic rings. The fourth-order valence-electron chi connectivity index (χ4n) is 1.35. The van der Waals surface area contributed by atoms with Gasteiger partial charge in [0, 0.05) is 18.5 Å². The normalized spacial score (nSPS) is 20.6. The van der Waals surface area contributed by atoms with Gasteiger partial charge in [-0.1, -0.05) is 0 Å².